The molecule has 0 aliphatic carbocycles. The Hall–Kier alpha value is -1.43. The number of aliphatic carboxylic acids is 1. The van der Waals surface area contributed by atoms with Crippen molar-refractivity contribution in [2.75, 3.05) is 13.1 Å². The summed E-state index contributed by atoms with van der Waals surface area (Å²) >= 11 is 3.19. The molecule has 0 radical (unpaired) electrons. The van der Waals surface area contributed by atoms with Gasteiger partial charge in [-0.1, -0.05) is 0 Å². The third kappa shape index (κ3) is 3.56. The van der Waals surface area contributed by atoms with Crippen molar-refractivity contribution < 1.29 is 19.1 Å². The van der Waals surface area contributed by atoms with E-state index in [1.54, 1.807) is 4.90 Å². The number of nitrogens with zero attached hydrogens (tertiary/aromatic N) is 1. The molecule has 0 unspecified atom stereocenters. The molecule has 1 fully saturated rings. The summed E-state index contributed by atoms with van der Waals surface area (Å²) in [7, 11) is 0. The van der Waals surface area contributed by atoms with Crippen LogP contribution in [0.3, 0.4) is 0 Å². The van der Waals surface area contributed by atoms with E-state index in [-0.39, 0.29) is 18.2 Å². The van der Waals surface area contributed by atoms with Crippen molar-refractivity contribution in [2.24, 2.45) is 5.92 Å². The average Bonchev–Trinajstić information content (AvgIpc) is 2.38. The summed E-state index contributed by atoms with van der Waals surface area (Å²) in [6.45, 7) is 1.08. The third-order valence-electron chi connectivity index (χ3n) is 3.53. The Morgan fingerprint density at radius 1 is 1.35 bits per heavy atom. The van der Waals surface area contributed by atoms with Crippen molar-refractivity contribution in [3.05, 3.63) is 34.1 Å². The predicted molar refractivity (Wildman–Crippen MR) is 75.0 cm³/mol. The number of carboxylic acid groups (broad SMARTS) is 1. The van der Waals surface area contributed by atoms with Crippen LogP contribution >= 0.6 is 15.9 Å². The first-order chi connectivity index (χ1) is 9.47. The highest BCUT2D eigenvalue weighted by Crippen LogP contribution is 2.24. The Morgan fingerprint density at radius 2 is 2.00 bits per heavy atom. The maximum atomic E-state index is 13.0. The Bertz CT molecular complexity index is 527. The van der Waals surface area contributed by atoms with E-state index in [1.165, 1.54) is 18.2 Å². The third-order valence-corrected chi connectivity index (χ3v) is 4.18. The molecule has 1 amide bonds. The van der Waals surface area contributed by atoms with Gasteiger partial charge in [0.2, 0.25) is 0 Å². The Kier molecular flexibility index (Phi) is 4.75. The van der Waals surface area contributed by atoms with Crippen LogP contribution in [0.4, 0.5) is 4.39 Å². The van der Waals surface area contributed by atoms with Crippen molar-refractivity contribution >= 4 is 27.8 Å². The van der Waals surface area contributed by atoms with Gasteiger partial charge in [0.05, 0.1) is 5.56 Å². The molecule has 4 nitrogen and oxygen atoms in total. The van der Waals surface area contributed by atoms with Gasteiger partial charge in [-0.25, -0.2) is 4.39 Å². The Labute approximate surface area is 124 Å². The van der Waals surface area contributed by atoms with Crippen LogP contribution in [-0.4, -0.2) is 35.0 Å². The fraction of sp³-hybridized carbons (Fsp3) is 0.429. The summed E-state index contributed by atoms with van der Waals surface area (Å²) in [6, 6.07) is 3.99. The van der Waals surface area contributed by atoms with E-state index < -0.39 is 11.8 Å². The minimum Gasteiger partial charge on any atom is -0.481 e. The fourth-order valence-electron chi connectivity index (χ4n) is 2.42. The van der Waals surface area contributed by atoms with Crippen LogP contribution < -0.4 is 0 Å². The van der Waals surface area contributed by atoms with Crippen LogP contribution in [0.2, 0.25) is 0 Å². The number of rotatable bonds is 3. The van der Waals surface area contributed by atoms with E-state index in [1.807, 2.05) is 0 Å². The quantitative estimate of drug-likeness (QED) is 0.917. The first-order valence-electron chi connectivity index (χ1n) is 6.43. The molecule has 1 aliphatic heterocycles. The molecule has 20 heavy (non-hydrogen) atoms. The molecule has 0 aromatic heterocycles. The predicted octanol–water partition coefficient (Wildman–Crippen LogP) is 2.92. The minimum absolute atomic E-state index is 0.133. The second-order valence-corrected chi connectivity index (χ2v) is 5.81. The van der Waals surface area contributed by atoms with Crippen LogP contribution in [0.5, 0.6) is 0 Å². The van der Waals surface area contributed by atoms with Gasteiger partial charge >= 0.3 is 5.97 Å². The van der Waals surface area contributed by atoms with Gasteiger partial charge in [-0.2, -0.15) is 0 Å². The lowest BCUT2D eigenvalue weighted by molar-refractivity contribution is -0.138. The normalized spacial score (nSPS) is 16.2. The van der Waals surface area contributed by atoms with Crippen molar-refractivity contribution in [3.8, 4) is 0 Å². The molecule has 1 saturated heterocycles. The van der Waals surface area contributed by atoms with E-state index in [9.17, 15) is 14.0 Å². The zero-order valence-electron chi connectivity index (χ0n) is 10.8. The molecule has 0 spiro atoms. The van der Waals surface area contributed by atoms with Crippen molar-refractivity contribution in [3.63, 3.8) is 0 Å². The summed E-state index contributed by atoms with van der Waals surface area (Å²) in [5.74, 6) is -1.21. The lowest BCUT2D eigenvalue weighted by Gasteiger charge is -2.31. The highest BCUT2D eigenvalue weighted by molar-refractivity contribution is 9.10. The molecule has 1 heterocycles. The number of hydrogen-bond acceptors (Lipinski definition) is 2. The zero-order chi connectivity index (χ0) is 14.7. The molecule has 1 aromatic rings. The summed E-state index contributed by atoms with van der Waals surface area (Å²) < 4.78 is 13.5. The lowest BCUT2D eigenvalue weighted by Crippen LogP contribution is -2.39. The van der Waals surface area contributed by atoms with Crippen LogP contribution in [0, 0.1) is 11.7 Å². The SMILES string of the molecule is O=C(O)CC1CCN(C(=O)c2ccc(F)cc2Br)CC1. The lowest BCUT2D eigenvalue weighted by atomic mass is 9.93. The number of benzene rings is 1. The second kappa shape index (κ2) is 6.35. The highest BCUT2D eigenvalue weighted by atomic mass is 79.9. The van der Waals surface area contributed by atoms with Crippen molar-refractivity contribution in [1.82, 2.24) is 4.90 Å². The zero-order valence-corrected chi connectivity index (χ0v) is 12.4. The molecule has 0 bridgehead atoms. The second-order valence-electron chi connectivity index (χ2n) is 4.96. The number of carbonyl (C=O) groups is 2. The molecule has 1 aliphatic rings. The van der Waals surface area contributed by atoms with Crippen LogP contribution in [0.15, 0.2) is 22.7 Å². The van der Waals surface area contributed by atoms with Crippen LogP contribution in [-0.2, 0) is 4.79 Å². The molecule has 1 N–H and O–H groups in total. The van der Waals surface area contributed by atoms with E-state index >= 15 is 0 Å². The van der Waals surface area contributed by atoms with Gasteiger partial charge in [0.1, 0.15) is 5.82 Å². The van der Waals surface area contributed by atoms with E-state index in [0.29, 0.717) is 36.0 Å². The molecular formula is C14H15BrFNO3. The standard InChI is InChI=1S/C14H15BrFNO3/c15-12-8-10(16)1-2-11(12)14(20)17-5-3-9(4-6-17)7-13(18)19/h1-2,8-9H,3-7H2,(H,18,19). The van der Waals surface area contributed by atoms with Gasteiger partial charge in [0.15, 0.2) is 0 Å². The van der Waals surface area contributed by atoms with Crippen LogP contribution in [0.1, 0.15) is 29.6 Å². The van der Waals surface area contributed by atoms with Gasteiger partial charge < -0.3 is 10.0 Å². The number of piperidine rings is 1. The molecule has 2 rings (SSSR count). The number of likely N-dealkylation sites (tertiary alicyclic amines) is 1. The smallest absolute Gasteiger partial charge is 0.303 e. The van der Waals surface area contributed by atoms with Crippen molar-refractivity contribution in [1.29, 1.82) is 0 Å². The largest absolute Gasteiger partial charge is 0.481 e. The topological polar surface area (TPSA) is 57.6 Å². The monoisotopic (exact) mass is 343 g/mol. The van der Waals surface area contributed by atoms with Gasteiger partial charge in [-0.3, -0.25) is 9.59 Å². The molecule has 0 atom stereocenters. The first kappa shape index (κ1) is 15.0. The fourth-order valence-corrected chi connectivity index (χ4v) is 2.94. The molecular weight excluding hydrogens is 329 g/mol. The average molecular weight is 344 g/mol. The van der Waals surface area contributed by atoms with E-state index in [4.69, 9.17) is 5.11 Å². The maximum absolute atomic E-state index is 13.0. The van der Waals surface area contributed by atoms with Gasteiger partial charge in [-0.05, 0) is 52.9 Å². The first-order valence-corrected chi connectivity index (χ1v) is 7.23. The summed E-state index contributed by atoms with van der Waals surface area (Å²) in [6.07, 6.45) is 1.54. The molecule has 1 aromatic carbocycles. The molecule has 108 valence electrons. The number of carbonyl (C=O) groups excluding carboxylic acids is 1. The van der Waals surface area contributed by atoms with Crippen molar-refractivity contribution in [2.45, 2.75) is 19.3 Å². The number of halogens is 2. The van der Waals surface area contributed by atoms with E-state index in [2.05, 4.69) is 15.9 Å². The van der Waals surface area contributed by atoms with Gasteiger partial charge in [0, 0.05) is 24.0 Å². The molecule has 6 heteroatoms. The Morgan fingerprint density at radius 3 is 2.55 bits per heavy atom. The maximum Gasteiger partial charge on any atom is 0.303 e. The highest BCUT2D eigenvalue weighted by Gasteiger charge is 2.25. The Balaban J connectivity index is 1.99. The summed E-state index contributed by atoms with van der Waals surface area (Å²) in [4.78, 5) is 24.7. The van der Waals surface area contributed by atoms with Gasteiger partial charge in [0.25, 0.3) is 5.91 Å². The minimum atomic E-state index is -0.795. The summed E-state index contributed by atoms with van der Waals surface area (Å²) in [5.41, 5.74) is 0.433. The van der Waals surface area contributed by atoms with Gasteiger partial charge in [-0.15, -0.1) is 0 Å². The molecule has 0 saturated carbocycles. The number of amides is 1. The number of hydrogen-bond donors (Lipinski definition) is 1. The summed E-state index contributed by atoms with van der Waals surface area (Å²) in [5, 5.41) is 8.76. The number of carboxylic acids is 1. The van der Waals surface area contributed by atoms with Crippen LogP contribution in [0.25, 0.3) is 0 Å². The van der Waals surface area contributed by atoms with E-state index in [0.717, 1.165) is 0 Å².